The van der Waals surface area contributed by atoms with Crippen molar-refractivity contribution in [3.8, 4) is 11.3 Å². The summed E-state index contributed by atoms with van der Waals surface area (Å²) in [4.78, 5) is 12.3. The van der Waals surface area contributed by atoms with E-state index in [4.69, 9.17) is 6.57 Å². The molecule has 0 radical (unpaired) electrons. The van der Waals surface area contributed by atoms with Gasteiger partial charge in [0, 0.05) is 24.2 Å². The SMILES string of the molecule is [C-]#[N+]/C=C/c1cn2ccnc2c(-c2ccc(C(C)(C)C)cc2)n1. The van der Waals surface area contributed by atoms with Crippen molar-refractivity contribution in [1.29, 1.82) is 0 Å². The average molecular weight is 302 g/mol. The first-order valence-corrected chi connectivity index (χ1v) is 7.47. The summed E-state index contributed by atoms with van der Waals surface area (Å²) < 4.78 is 1.93. The van der Waals surface area contributed by atoms with Crippen LogP contribution in [-0.4, -0.2) is 14.4 Å². The second-order valence-electron chi connectivity index (χ2n) is 6.44. The molecule has 0 saturated heterocycles. The topological polar surface area (TPSA) is 34.5 Å². The third-order valence-electron chi connectivity index (χ3n) is 3.74. The fourth-order valence-corrected chi connectivity index (χ4v) is 2.47. The van der Waals surface area contributed by atoms with Crippen molar-refractivity contribution in [2.45, 2.75) is 26.2 Å². The number of nitrogens with zero attached hydrogens (tertiary/aromatic N) is 4. The minimum Gasteiger partial charge on any atom is -0.303 e. The van der Waals surface area contributed by atoms with Crippen LogP contribution in [0.1, 0.15) is 32.0 Å². The van der Waals surface area contributed by atoms with E-state index < -0.39 is 0 Å². The van der Waals surface area contributed by atoms with E-state index in [-0.39, 0.29) is 5.41 Å². The molecule has 0 saturated carbocycles. The quantitative estimate of drug-likeness (QED) is 0.649. The molecule has 4 nitrogen and oxygen atoms in total. The van der Waals surface area contributed by atoms with Gasteiger partial charge in [0.1, 0.15) is 5.69 Å². The first-order valence-electron chi connectivity index (χ1n) is 7.47. The van der Waals surface area contributed by atoms with E-state index in [1.807, 2.05) is 16.8 Å². The summed E-state index contributed by atoms with van der Waals surface area (Å²) in [6.45, 7) is 13.5. The van der Waals surface area contributed by atoms with Crippen molar-refractivity contribution in [3.63, 3.8) is 0 Å². The molecule has 0 atom stereocenters. The van der Waals surface area contributed by atoms with Crippen LogP contribution < -0.4 is 0 Å². The van der Waals surface area contributed by atoms with Crippen molar-refractivity contribution in [2.75, 3.05) is 0 Å². The van der Waals surface area contributed by atoms with Crippen LogP contribution in [0.4, 0.5) is 0 Å². The summed E-state index contributed by atoms with van der Waals surface area (Å²) in [7, 11) is 0. The van der Waals surface area contributed by atoms with E-state index >= 15 is 0 Å². The molecule has 0 fully saturated rings. The third-order valence-corrected chi connectivity index (χ3v) is 3.74. The maximum absolute atomic E-state index is 6.88. The summed E-state index contributed by atoms with van der Waals surface area (Å²) in [5, 5.41) is 0. The van der Waals surface area contributed by atoms with Gasteiger partial charge in [-0.25, -0.2) is 14.8 Å². The molecule has 0 spiro atoms. The van der Waals surface area contributed by atoms with Crippen LogP contribution in [0.25, 0.3) is 27.8 Å². The number of rotatable bonds is 2. The highest BCUT2D eigenvalue weighted by Gasteiger charge is 2.14. The zero-order chi connectivity index (χ0) is 16.4. The molecule has 2 aromatic heterocycles. The molecule has 0 amide bonds. The zero-order valence-corrected chi connectivity index (χ0v) is 13.5. The van der Waals surface area contributed by atoms with Crippen molar-refractivity contribution in [1.82, 2.24) is 14.4 Å². The van der Waals surface area contributed by atoms with Gasteiger partial charge in [0.15, 0.2) is 11.8 Å². The minimum absolute atomic E-state index is 0.120. The van der Waals surface area contributed by atoms with Gasteiger partial charge < -0.3 is 4.40 Å². The predicted octanol–water partition coefficient (Wildman–Crippen LogP) is 4.58. The summed E-state index contributed by atoms with van der Waals surface area (Å²) in [6.07, 6.45) is 8.64. The fourth-order valence-electron chi connectivity index (χ4n) is 2.47. The maximum Gasteiger partial charge on any atom is 0.163 e. The molecule has 0 aliphatic carbocycles. The van der Waals surface area contributed by atoms with Crippen LogP contribution >= 0.6 is 0 Å². The molecule has 0 aliphatic rings. The lowest BCUT2D eigenvalue weighted by atomic mass is 9.86. The lowest BCUT2D eigenvalue weighted by Crippen LogP contribution is -2.10. The number of imidazole rings is 1. The van der Waals surface area contributed by atoms with Gasteiger partial charge in [0.25, 0.3) is 0 Å². The standard InChI is InChI=1S/C19H18N4/c1-19(2,3)15-7-5-14(6-8-15)17-18-21-11-12-23(18)13-16(22-17)9-10-20-4/h5-13H,1-3H3/b10-9+. The van der Waals surface area contributed by atoms with E-state index in [1.54, 1.807) is 12.3 Å². The number of hydrogen-bond donors (Lipinski definition) is 0. The van der Waals surface area contributed by atoms with Gasteiger partial charge >= 0.3 is 0 Å². The van der Waals surface area contributed by atoms with Gasteiger partial charge in [-0.2, -0.15) is 0 Å². The third kappa shape index (κ3) is 3.00. The van der Waals surface area contributed by atoms with Crippen LogP contribution in [0.3, 0.4) is 0 Å². The minimum atomic E-state index is 0.120. The van der Waals surface area contributed by atoms with Crippen molar-refractivity contribution < 1.29 is 0 Å². The Morgan fingerprint density at radius 2 is 1.91 bits per heavy atom. The van der Waals surface area contributed by atoms with Gasteiger partial charge in [0.2, 0.25) is 0 Å². The van der Waals surface area contributed by atoms with Crippen molar-refractivity contribution in [3.05, 3.63) is 71.7 Å². The van der Waals surface area contributed by atoms with Crippen LogP contribution in [-0.2, 0) is 5.41 Å². The first-order chi connectivity index (χ1) is 11.0. The van der Waals surface area contributed by atoms with Gasteiger partial charge in [-0.1, -0.05) is 45.0 Å². The van der Waals surface area contributed by atoms with Gasteiger partial charge in [-0.15, -0.1) is 0 Å². The molecule has 0 aliphatic heterocycles. The highest BCUT2D eigenvalue weighted by atomic mass is 15.0. The summed E-state index contributed by atoms with van der Waals surface area (Å²) >= 11 is 0. The number of benzene rings is 1. The lowest BCUT2D eigenvalue weighted by Gasteiger charge is -2.19. The molecule has 114 valence electrons. The highest BCUT2D eigenvalue weighted by Crippen LogP contribution is 2.27. The Balaban J connectivity index is 2.13. The Hall–Kier alpha value is -2.93. The molecule has 23 heavy (non-hydrogen) atoms. The Labute approximate surface area is 136 Å². The van der Waals surface area contributed by atoms with E-state index in [1.165, 1.54) is 11.8 Å². The van der Waals surface area contributed by atoms with Gasteiger partial charge in [0.05, 0.1) is 12.3 Å². The molecule has 3 rings (SSSR count). The number of aromatic nitrogens is 3. The normalized spacial score (nSPS) is 11.9. The molecule has 0 N–H and O–H groups in total. The van der Waals surface area contributed by atoms with Gasteiger partial charge in [-0.05, 0) is 17.1 Å². The monoisotopic (exact) mass is 302 g/mol. The van der Waals surface area contributed by atoms with E-state index in [9.17, 15) is 0 Å². The van der Waals surface area contributed by atoms with Crippen LogP contribution in [0.2, 0.25) is 0 Å². The fraction of sp³-hybridized carbons (Fsp3) is 0.211. The van der Waals surface area contributed by atoms with Crippen molar-refractivity contribution in [2.24, 2.45) is 0 Å². The van der Waals surface area contributed by atoms with E-state index in [2.05, 4.69) is 59.8 Å². The second kappa shape index (κ2) is 5.69. The lowest BCUT2D eigenvalue weighted by molar-refractivity contribution is 0.590. The predicted molar refractivity (Wildman–Crippen MR) is 92.8 cm³/mol. The van der Waals surface area contributed by atoms with E-state index in [0.717, 1.165) is 22.6 Å². The Bertz CT molecular complexity index is 903. The number of hydrogen-bond acceptors (Lipinski definition) is 2. The molecule has 3 aromatic rings. The average Bonchev–Trinajstić information content (AvgIpc) is 3.00. The summed E-state index contributed by atoms with van der Waals surface area (Å²) in [5.41, 5.74) is 4.80. The Morgan fingerprint density at radius 1 is 1.17 bits per heavy atom. The van der Waals surface area contributed by atoms with Crippen LogP contribution in [0, 0.1) is 6.57 Å². The van der Waals surface area contributed by atoms with E-state index in [0.29, 0.717) is 0 Å². The summed E-state index contributed by atoms with van der Waals surface area (Å²) in [6, 6.07) is 8.44. The second-order valence-corrected chi connectivity index (χ2v) is 6.44. The molecule has 0 unspecified atom stereocenters. The molecule has 0 bridgehead atoms. The number of fused-ring (bicyclic) bond motifs is 1. The Morgan fingerprint density at radius 3 is 2.57 bits per heavy atom. The molecule has 4 heteroatoms. The highest BCUT2D eigenvalue weighted by molar-refractivity contribution is 5.75. The molecular formula is C19H18N4. The van der Waals surface area contributed by atoms with Crippen LogP contribution in [0.15, 0.2) is 49.1 Å². The Kier molecular flexibility index (Phi) is 3.71. The molecule has 1 aromatic carbocycles. The van der Waals surface area contributed by atoms with Gasteiger partial charge in [-0.3, -0.25) is 0 Å². The first kappa shape index (κ1) is 15.0. The molecular weight excluding hydrogens is 284 g/mol. The molecule has 2 heterocycles. The zero-order valence-electron chi connectivity index (χ0n) is 13.5. The van der Waals surface area contributed by atoms with Crippen molar-refractivity contribution >= 4 is 11.7 Å². The smallest absolute Gasteiger partial charge is 0.163 e. The largest absolute Gasteiger partial charge is 0.303 e. The summed E-state index contributed by atoms with van der Waals surface area (Å²) in [5.74, 6) is 0. The van der Waals surface area contributed by atoms with Crippen LogP contribution in [0.5, 0.6) is 0 Å². The maximum atomic E-state index is 6.88.